The van der Waals surface area contributed by atoms with E-state index in [1.54, 1.807) is 0 Å². The second-order valence-electron chi connectivity index (χ2n) is 4.14. The lowest BCUT2D eigenvalue weighted by atomic mass is 10.0. The maximum absolute atomic E-state index is 13.1. The molecule has 2 aromatic carbocycles. The summed E-state index contributed by atoms with van der Waals surface area (Å²) in [5.74, 6) is 0.0466. The second-order valence-corrected chi connectivity index (χ2v) is 5.40. The van der Waals surface area contributed by atoms with Crippen molar-refractivity contribution >= 4 is 33.3 Å². The zero-order valence-corrected chi connectivity index (χ0v) is 13.6. The van der Waals surface area contributed by atoms with Gasteiger partial charge in [0.2, 0.25) is 0 Å². The van der Waals surface area contributed by atoms with E-state index in [9.17, 15) is 9.18 Å². The lowest BCUT2D eigenvalue weighted by Crippen LogP contribution is -2.05. The highest BCUT2D eigenvalue weighted by atomic mass is 79.9. The number of ether oxygens (including phenoxy) is 2. The van der Waals surface area contributed by atoms with Crippen molar-refractivity contribution in [2.24, 2.45) is 0 Å². The lowest BCUT2D eigenvalue weighted by molar-refractivity contribution is 0.103. The van der Waals surface area contributed by atoms with E-state index in [0.717, 1.165) is 0 Å². The van der Waals surface area contributed by atoms with Crippen LogP contribution in [0.5, 0.6) is 11.5 Å². The molecule has 3 nitrogen and oxygen atoms in total. The third-order valence-electron chi connectivity index (χ3n) is 2.89. The van der Waals surface area contributed by atoms with Crippen LogP contribution in [-0.4, -0.2) is 20.0 Å². The molecule has 0 aromatic heterocycles. The predicted octanol–water partition coefficient (Wildman–Crippen LogP) is 4.49. The number of ketones is 1. The minimum absolute atomic E-state index is 0.230. The lowest BCUT2D eigenvalue weighted by Gasteiger charge is -2.11. The highest BCUT2D eigenvalue weighted by Crippen LogP contribution is 2.35. The average Bonchev–Trinajstić information content (AvgIpc) is 2.46. The summed E-state index contributed by atoms with van der Waals surface area (Å²) < 4.78 is 23.7. The average molecular weight is 374 g/mol. The van der Waals surface area contributed by atoms with Gasteiger partial charge in [-0.2, -0.15) is 0 Å². The number of carbonyl (C=O) groups is 1. The Balaban J connectivity index is 2.53. The number of rotatable bonds is 4. The molecule has 110 valence electrons. The van der Waals surface area contributed by atoms with Crippen molar-refractivity contribution in [2.45, 2.75) is 0 Å². The van der Waals surface area contributed by atoms with Gasteiger partial charge >= 0.3 is 0 Å². The fraction of sp³-hybridized carbons (Fsp3) is 0.133. The van der Waals surface area contributed by atoms with E-state index in [1.807, 2.05) is 0 Å². The zero-order chi connectivity index (χ0) is 15.6. The molecule has 21 heavy (non-hydrogen) atoms. The quantitative estimate of drug-likeness (QED) is 0.741. The van der Waals surface area contributed by atoms with Gasteiger partial charge in [0.15, 0.2) is 17.3 Å². The van der Waals surface area contributed by atoms with Crippen molar-refractivity contribution in [2.75, 3.05) is 14.2 Å². The molecule has 0 radical (unpaired) electrons. The first-order valence-corrected chi connectivity index (χ1v) is 7.06. The number of methoxy groups -OCH3 is 2. The molecule has 2 rings (SSSR count). The largest absolute Gasteiger partial charge is 0.493 e. The number of carbonyl (C=O) groups excluding carboxylic acids is 1. The molecule has 0 unspecified atom stereocenters. The van der Waals surface area contributed by atoms with Crippen LogP contribution in [0.4, 0.5) is 4.39 Å². The van der Waals surface area contributed by atoms with E-state index < -0.39 is 5.82 Å². The van der Waals surface area contributed by atoms with Gasteiger partial charge in [-0.25, -0.2) is 4.39 Å². The maximum Gasteiger partial charge on any atom is 0.195 e. The van der Waals surface area contributed by atoms with Crippen LogP contribution in [0.2, 0.25) is 5.02 Å². The Hall–Kier alpha value is -1.59. The van der Waals surface area contributed by atoms with Gasteiger partial charge in [-0.1, -0.05) is 11.6 Å². The second kappa shape index (κ2) is 6.45. The molecule has 0 aliphatic heterocycles. The van der Waals surface area contributed by atoms with Gasteiger partial charge in [-0.3, -0.25) is 4.79 Å². The summed E-state index contributed by atoms with van der Waals surface area (Å²) >= 11 is 9.29. The fourth-order valence-corrected chi connectivity index (χ4v) is 2.62. The summed E-state index contributed by atoms with van der Waals surface area (Å²) in [5, 5.41) is 0.230. The molecular weight excluding hydrogens is 363 g/mol. The van der Waals surface area contributed by atoms with E-state index in [-0.39, 0.29) is 16.4 Å². The topological polar surface area (TPSA) is 35.5 Å². The molecule has 0 N–H and O–H groups in total. The van der Waals surface area contributed by atoms with Crippen LogP contribution in [0.3, 0.4) is 0 Å². The van der Waals surface area contributed by atoms with Crippen LogP contribution < -0.4 is 9.47 Å². The third kappa shape index (κ3) is 3.19. The molecule has 0 aliphatic carbocycles. The van der Waals surface area contributed by atoms with Crippen LogP contribution in [-0.2, 0) is 0 Å². The van der Waals surface area contributed by atoms with Crippen molar-refractivity contribution in [3.05, 3.63) is 56.8 Å². The van der Waals surface area contributed by atoms with Gasteiger partial charge in [-0.15, -0.1) is 0 Å². The highest BCUT2D eigenvalue weighted by Gasteiger charge is 2.19. The molecule has 0 saturated carbocycles. The molecular formula is C15H11BrClFO3. The summed E-state index contributed by atoms with van der Waals surface area (Å²) in [6.07, 6.45) is 0. The molecule has 6 heteroatoms. The Morgan fingerprint density at radius 1 is 1.10 bits per heavy atom. The van der Waals surface area contributed by atoms with Crippen LogP contribution in [0.25, 0.3) is 0 Å². The Bertz CT molecular complexity index is 704. The molecule has 0 atom stereocenters. The van der Waals surface area contributed by atoms with Crippen molar-refractivity contribution in [3.63, 3.8) is 0 Å². The monoisotopic (exact) mass is 372 g/mol. The van der Waals surface area contributed by atoms with Gasteiger partial charge < -0.3 is 9.47 Å². The minimum atomic E-state index is -0.433. The van der Waals surface area contributed by atoms with E-state index in [4.69, 9.17) is 21.1 Å². The fourth-order valence-electron chi connectivity index (χ4n) is 1.85. The number of benzene rings is 2. The third-order valence-corrected chi connectivity index (χ3v) is 3.86. The molecule has 0 aliphatic rings. The molecule has 0 saturated heterocycles. The minimum Gasteiger partial charge on any atom is -0.493 e. The first-order chi connectivity index (χ1) is 9.97. The van der Waals surface area contributed by atoms with Crippen molar-refractivity contribution in [1.82, 2.24) is 0 Å². The Morgan fingerprint density at radius 2 is 1.71 bits per heavy atom. The van der Waals surface area contributed by atoms with E-state index in [1.165, 1.54) is 44.6 Å². The summed E-state index contributed by atoms with van der Waals surface area (Å²) in [7, 11) is 2.94. The van der Waals surface area contributed by atoms with Crippen molar-refractivity contribution in [3.8, 4) is 11.5 Å². The zero-order valence-electron chi connectivity index (χ0n) is 11.2. The van der Waals surface area contributed by atoms with Gasteiger partial charge in [0.1, 0.15) is 5.82 Å². The number of halogens is 3. The van der Waals surface area contributed by atoms with Gasteiger partial charge in [-0.05, 0) is 40.2 Å². The van der Waals surface area contributed by atoms with Crippen LogP contribution in [0.15, 0.2) is 34.8 Å². The van der Waals surface area contributed by atoms with E-state index >= 15 is 0 Å². The SMILES string of the molecule is COc1cc(Cl)c(C(=O)c2ccc(F)cc2Br)cc1OC. The van der Waals surface area contributed by atoms with Gasteiger partial charge in [0, 0.05) is 21.7 Å². The summed E-state index contributed by atoms with van der Waals surface area (Å²) in [4.78, 5) is 12.5. The normalized spacial score (nSPS) is 10.3. The van der Waals surface area contributed by atoms with E-state index in [2.05, 4.69) is 15.9 Å². The molecule has 0 bridgehead atoms. The predicted molar refractivity (Wildman–Crippen MR) is 82.1 cm³/mol. The van der Waals surface area contributed by atoms with Crippen molar-refractivity contribution in [1.29, 1.82) is 0 Å². The van der Waals surface area contributed by atoms with Crippen LogP contribution in [0, 0.1) is 5.82 Å². The summed E-state index contributed by atoms with van der Waals surface area (Å²) in [6, 6.07) is 6.84. The molecule has 0 heterocycles. The van der Waals surface area contributed by atoms with Crippen LogP contribution in [0.1, 0.15) is 15.9 Å². The smallest absolute Gasteiger partial charge is 0.195 e. The number of hydrogen-bond donors (Lipinski definition) is 0. The summed E-state index contributed by atoms with van der Waals surface area (Å²) in [6.45, 7) is 0. The Kier molecular flexibility index (Phi) is 4.85. The first-order valence-electron chi connectivity index (χ1n) is 5.89. The Morgan fingerprint density at radius 3 is 2.29 bits per heavy atom. The summed E-state index contributed by atoms with van der Waals surface area (Å²) in [5.41, 5.74) is 0.562. The van der Waals surface area contributed by atoms with Crippen LogP contribution >= 0.6 is 27.5 Å². The standard InChI is InChI=1S/C15H11BrClFO3/c1-20-13-6-10(12(17)7-14(13)21-2)15(19)9-4-3-8(18)5-11(9)16/h3-7H,1-2H3. The van der Waals surface area contributed by atoms with Gasteiger partial charge in [0.05, 0.1) is 19.2 Å². The van der Waals surface area contributed by atoms with Gasteiger partial charge in [0.25, 0.3) is 0 Å². The molecule has 2 aromatic rings. The van der Waals surface area contributed by atoms with Crippen molar-refractivity contribution < 1.29 is 18.7 Å². The molecule has 0 fully saturated rings. The maximum atomic E-state index is 13.1. The number of hydrogen-bond acceptors (Lipinski definition) is 3. The highest BCUT2D eigenvalue weighted by molar-refractivity contribution is 9.10. The Labute approximate surface area is 134 Å². The molecule has 0 spiro atoms. The molecule has 0 amide bonds. The first kappa shape index (κ1) is 15.8. The van der Waals surface area contributed by atoms with E-state index in [0.29, 0.717) is 21.5 Å².